The standard InChI is InChI=1S/C17H32O5P2/c1-14(2)8-6-9-15(3)10-7-11-16(4)12-13-17(23(5,18)19)24(20,21)22/h8,10,13,16H,6-7,9,11-12H2,1-5H3,(H,18,19)(H2,20,21,22)/b15-10+,17-13+. The first-order valence-electron chi connectivity index (χ1n) is 8.20. The second-order valence-corrected chi connectivity index (χ2v) is 10.9. The van der Waals surface area contributed by atoms with Crippen molar-refractivity contribution in [2.24, 2.45) is 5.92 Å². The average Bonchev–Trinajstić information content (AvgIpc) is 2.34. The highest BCUT2D eigenvalue weighted by Crippen LogP contribution is 2.64. The van der Waals surface area contributed by atoms with E-state index >= 15 is 0 Å². The third kappa shape index (κ3) is 11.2. The summed E-state index contributed by atoms with van der Waals surface area (Å²) in [4.78, 5) is 27.9. The van der Waals surface area contributed by atoms with E-state index in [0.29, 0.717) is 6.42 Å². The van der Waals surface area contributed by atoms with Gasteiger partial charge in [0.2, 0.25) is 7.37 Å². The fourth-order valence-corrected chi connectivity index (χ4v) is 4.98. The molecule has 0 heterocycles. The van der Waals surface area contributed by atoms with Crippen LogP contribution in [0.1, 0.15) is 59.8 Å². The van der Waals surface area contributed by atoms with Gasteiger partial charge in [-0.05, 0) is 58.8 Å². The smallest absolute Gasteiger partial charge is 0.341 e. The largest absolute Gasteiger partial charge is 0.361 e. The molecule has 2 unspecified atom stereocenters. The summed E-state index contributed by atoms with van der Waals surface area (Å²) in [6.07, 6.45) is 9.86. The molecule has 0 rings (SSSR count). The summed E-state index contributed by atoms with van der Waals surface area (Å²) in [7, 11) is -8.62. The minimum atomic E-state index is -4.69. The lowest BCUT2D eigenvalue weighted by Crippen LogP contribution is -1.95. The lowest BCUT2D eigenvalue weighted by atomic mass is 10.0. The first kappa shape index (κ1) is 23.6. The third-order valence-electron chi connectivity index (χ3n) is 3.67. The van der Waals surface area contributed by atoms with Crippen LogP contribution in [-0.2, 0) is 9.13 Å². The molecule has 7 heteroatoms. The zero-order chi connectivity index (χ0) is 19.0. The Kier molecular flexibility index (Phi) is 10.3. The van der Waals surface area contributed by atoms with Crippen molar-refractivity contribution in [3.63, 3.8) is 0 Å². The topological polar surface area (TPSA) is 94.8 Å². The summed E-state index contributed by atoms with van der Waals surface area (Å²) < 4.78 is 22.9. The van der Waals surface area contributed by atoms with Crippen LogP contribution in [0.2, 0.25) is 0 Å². The Balaban J connectivity index is 4.51. The quantitative estimate of drug-likeness (QED) is 0.349. The molecule has 0 saturated carbocycles. The third-order valence-corrected chi connectivity index (χ3v) is 7.38. The van der Waals surface area contributed by atoms with E-state index in [0.717, 1.165) is 32.3 Å². The van der Waals surface area contributed by atoms with Crippen LogP contribution in [0, 0.1) is 5.92 Å². The van der Waals surface area contributed by atoms with Crippen LogP contribution in [-0.4, -0.2) is 21.3 Å². The lowest BCUT2D eigenvalue weighted by Gasteiger charge is -2.14. The molecule has 24 heavy (non-hydrogen) atoms. The second kappa shape index (κ2) is 10.5. The zero-order valence-electron chi connectivity index (χ0n) is 15.4. The maximum absolute atomic E-state index is 11.6. The first-order chi connectivity index (χ1) is 10.8. The van der Waals surface area contributed by atoms with Gasteiger partial charge in [0.25, 0.3) is 0 Å². The molecule has 0 spiro atoms. The van der Waals surface area contributed by atoms with E-state index in [-0.39, 0.29) is 5.92 Å². The predicted molar refractivity (Wildman–Crippen MR) is 101 cm³/mol. The van der Waals surface area contributed by atoms with Gasteiger partial charge in [-0.3, -0.25) is 9.13 Å². The van der Waals surface area contributed by atoms with Crippen LogP contribution >= 0.6 is 15.0 Å². The van der Waals surface area contributed by atoms with Gasteiger partial charge in [-0.15, -0.1) is 0 Å². The van der Waals surface area contributed by atoms with Gasteiger partial charge in [0.1, 0.15) is 5.06 Å². The number of allylic oxidation sites excluding steroid dienone is 5. The molecule has 0 saturated heterocycles. The maximum Gasteiger partial charge on any atom is 0.361 e. The molecule has 0 aromatic carbocycles. The molecule has 0 bridgehead atoms. The molecule has 0 aliphatic heterocycles. The van der Waals surface area contributed by atoms with Gasteiger partial charge >= 0.3 is 7.60 Å². The van der Waals surface area contributed by atoms with Crippen LogP contribution in [0.25, 0.3) is 0 Å². The van der Waals surface area contributed by atoms with E-state index in [4.69, 9.17) is 0 Å². The Morgan fingerprint density at radius 3 is 2.04 bits per heavy atom. The van der Waals surface area contributed by atoms with Crippen molar-refractivity contribution < 1.29 is 23.8 Å². The van der Waals surface area contributed by atoms with E-state index < -0.39 is 20.0 Å². The van der Waals surface area contributed by atoms with Crippen molar-refractivity contribution in [2.45, 2.75) is 59.8 Å². The van der Waals surface area contributed by atoms with Gasteiger partial charge in [-0.1, -0.05) is 36.3 Å². The van der Waals surface area contributed by atoms with Crippen molar-refractivity contribution >= 4 is 15.0 Å². The van der Waals surface area contributed by atoms with E-state index in [1.165, 1.54) is 17.2 Å². The summed E-state index contributed by atoms with van der Waals surface area (Å²) >= 11 is 0. The molecule has 3 N–H and O–H groups in total. The molecule has 140 valence electrons. The highest BCUT2D eigenvalue weighted by atomic mass is 31.2. The number of hydrogen-bond acceptors (Lipinski definition) is 2. The molecule has 2 atom stereocenters. The highest BCUT2D eigenvalue weighted by Gasteiger charge is 2.33. The lowest BCUT2D eigenvalue weighted by molar-refractivity contribution is 0.382. The Bertz CT molecular complexity index is 550. The van der Waals surface area contributed by atoms with Gasteiger partial charge in [-0.25, -0.2) is 0 Å². The summed E-state index contributed by atoms with van der Waals surface area (Å²) in [6.45, 7) is 9.21. The molecule has 0 aromatic rings. The SMILES string of the molecule is CC(C)=CCC/C(C)=C/CCC(C)C/C=C(\P(C)(=O)O)P(=O)(O)O. The minimum absolute atomic E-state index is 0.180. The van der Waals surface area contributed by atoms with Crippen molar-refractivity contribution in [3.05, 3.63) is 34.4 Å². The fourth-order valence-electron chi connectivity index (χ4n) is 2.26. The van der Waals surface area contributed by atoms with Crippen molar-refractivity contribution in [2.75, 3.05) is 6.66 Å². The first-order valence-corrected chi connectivity index (χ1v) is 11.9. The minimum Gasteiger partial charge on any atom is -0.341 e. The van der Waals surface area contributed by atoms with E-state index in [1.807, 2.05) is 6.92 Å². The van der Waals surface area contributed by atoms with E-state index in [2.05, 4.69) is 32.9 Å². The van der Waals surface area contributed by atoms with Crippen LogP contribution in [0.4, 0.5) is 0 Å². The van der Waals surface area contributed by atoms with Gasteiger partial charge in [0.05, 0.1) is 0 Å². The Labute approximate surface area is 146 Å². The van der Waals surface area contributed by atoms with Crippen molar-refractivity contribution in [1.82, 2.24) is 0 Å². The van der Waals surface area contributed by atoms with E-state index in [1.54, 1.807) is 0 Å². The van der Waals surface area contributed by atoms with Crippen LogP contribution in [0.15, 0.2) is 34.4 Å². The summed E-state index contributed by atoms with van der Waals surface area (Å²) in [5.74, 6) is 0.180. The van der Waals surface area contributed by atoms with Gasteiger partial charge in [0, 0.05) is 6.66 Å². The Hall–Kier alpha value is -0.440. The Morgan fingerprint density at radius 1 is 1.00 bits per heavy atom. The summed E-state index contributed by atoms with van der Waals surface area (Å²) in [5.41, 5.74) is 2.65. The monoisotopic (exact) mass is 378 g/mol. The fraction of sp³-hybridized carbons (Fsp3) is 0.647. The molecule has 0 radical (unpaired) electrons. The number of rotatable bonds is 10. The van der Waals surface area contributed by atoms with Gasteiger partial charge < -0.3 is 14.7 Å². The maximum atomic E-state index is 11.6. The van der Waals surface area contributed by atoms with Gasteiger partial charge in [0.15, 0.2) is 0 Å². The average molecular weight is 378 g/mol. The molecule has 0 aliphatic carbocycles. The molecule has 0 aliphatic rings. The summed E-state index contributed by atoms with van der Waals surface area (Å²) in [6, 6.07) is 0. The van der Waals surface area contributed by atoms with Crippen LogP contribution in [0.3, 0.4) is 0 Å². The zero-order valence-corrected chi connectivity index (χ0v) is 17.2. The molecule has 0 fully saturated rings. The van der Waals surface area contributed by atoms with Crippen LogP contribution < -0.4 is 0 Å². The second-order valence-electron chi connectivity index (χ2n) is 6.77. The summed E-state index contributed by atoms with van der Waals surface area (Å²) in [5, 5.41) is -0.629. The molecule has 0 amide bonds. The van der Waals surface area contributed by atoms with E-state index in [9.17, 15) is 23.8 Å². The molecular formula is C17H32O5P2. The molecule has 5 nitrogen and oxygen atoms in total. The molecular weight excluding hydrogens is 346 g/mol. The Morgan fingerprint density at radius 2 is 1.58 bits per heavy atom. The highest BCUT2D eigenvalue weighted by molar-refractivity contribution is 7.79. The normalized spacial score (nSPS) is 17.3. The van der Waals surface area contributed by atoms with Crippen LogP contribution in [0.5, 0.6) is 0 Å². The predicted octanol–water partition coefficient (Wildman–Crippen LogP) is 5.40. The van der Waals surface area contributed by atoms with Gasteiger partial charge in [-0.2, -0.15) is 0 Å². The molecule has 0 aromatic heterocycles. The van der Waals surface area contributed by atoms with Crippen molar-refractivity contribution in [3.8, 4) is 0 Å². The van der Waals surface area contributed by atoms with Crippen molar-refractivity contribution in [1.29, 1.82) is 0 Å². The number of hydrogen-bond donors (Lipinski definition) is 3.